The van der Waals surface area contributed by atoms with Crippen LogP contribution in [0.2, 0.25) is 0 Å². The molecule has 1 fully saturated rings. The molecule has 1 aliphatic rings. The molecule has 0 aromatic heterocycles. The Bertz CT molecular complexity index is 684. The van der Waals surface area contributed by atoms with Crippen molar-refractivity contribution in [1.82, 2.24) is 15.1 Å². The van der Waals surface area contributed by atoms with Crippen LogP contribution in [0, 0.1) is 5.41 Å². The highest BCUT2D eigenvalue weighted by Crippen LogP contribution is 2.29. The summed E-state index contributed by atoms with van der Waals surface area (Å²) < 4.78 is 0. The van der Waals surface area contributed by atoms with Crippen LogP contribution in [-0.4, -0.2) is 59.7 Å². The van der Waals surface area contributed by atoms with E-state index in [2.05, 4.69) is 5.32 Å². The lowest BCUT2D eigenvalue weighted by Gasteiger charge is -2.46. The number of nitrogens with two attached hydrogens (primary N) is 1. The van der Waals surface area contributed by atoms with Gasteiger partial charge in [-0.2, -0.15) is 0 Å². The van der Waals surface area contributed by atoms with Crippen molar-refractivity contribution in [2.45, 2.75) is 39.8 Å². The first-order valence-electron chi connectivity index (χ1n) is 9.26. The minimum Gasteiger partial charge on any atom is -0.368 e. The van der Waals surface area contributed by atoms with Gasteiger partial charge in [0, 0.05) is 19.1 Å². The number of amides is 3. The molecule has 0 radical (unpaired) electrons. The number of hydrogen-bond acceptors (Lipinski definition) is 4. The molecule has 7 heteroatoms. The van der Waals surface area contributed by atoms with Crippen molar-refractivity contribution in [3.63, 3.8) is 0 Å². The molecule has 1 aromatic carbocycles. The Morgan fingerprint density at radius 1 is 1.22 bits per heavy atom. The van der Waals surface area contributed by atoms with E-state index in [0.717, 1.165) is 5.56 Å². The highest BCUT2D eigenvalue weighted by molar-refractivity contribution is 5.92. The van der Waals surface area contributed by atoms with E-state index >= 15 is 0 Å². The first-order valence-corrected chi connectivity index (χ1v) is 9.26. The molecule has 0 saturated carbocycles. The third kappa shape index (κ3) is 5.29. The van der Waals surface area contributed by atoms with E-state index in [1.54, 1.807) is 4.90 Å². The Hall–Kier alpha value is -2.41. The molecule has 3 N–H and O–H groups in total. The summed E-state index contributed by atoms with van der Waals surface area (Å²) in [4.78, 5) is 40.1. The van der Waals surface area contributed by atoms with Crippen molar-refractivity contribution in [1.29, 1.82) is 0 Å². The molecular formula is C20H30N4O3. The van der Waals surface area contributed by atoms with Crippen LogP contribution >= 0.6 is 0 Å². The maximum absolute atomic E-state index is 12.9. The first-order chi connectivity index (χ1) is 12.6. The van der Waals surface area contributed by atoms with Crippen molar-refractivity contribution in [3.8, 4) is 0 Å². The molecule has 0 aliphatic carbocycles. The van der Waals surface area contributed by atoms with Gasteiger partial charge in [-0.15, -0.1) is 0 Å². The van der Waals surface area contributed by atoms with Gasteiger partial charge in [-0.05, 0) is 17.9 Å². The predicted octanol–water partition coefficient (Wildman–Crippen LogP) is 0.908. The molecule has 0 bridgehead atoms. The molecule has 0 unspecified atom stereocenters. The third-order valence-electron chi connectivity index (χ3n) is 4.81. The molecule has 2 rings (SSSR count). The van der Waals surface area contributed by atoms with Crippen LogP contribution in [0.4, 0.5) is 0 Å². The molecule has 7 nitrogen and oxygen atoms in total. The first kappa shape index (κ1) is 20.9. The van der Waals surface area contributed by atoms with E-state index in [-0.39, 0.29) is 30.9 Å². The average Bonchev–Trinajstić information content (AvgIpc) is 2.60. The van der Waals surface area contributed by atoms with Gasteiger partial charge in [0.05, 0.1) is 13.1 Å². The van der Waals surface area contributed by atoms with Gasteiger partial charge in [0.1, 0.15) is 6.04 Å². The van der Waals surface area contributed by atoms with E-state index in [1.165, 1.54) is 4.90 Å². The number of carbonyl (C=O) groups is 3. The molecule has 0 spiro atoms. The number of primary amides is 1. The zero-order chi connectivity index (χ0) is 20.2. The molecular weight excluding hydrogens is 344 g/mol. The largest absolute Gasteiger partial charge is 0.368 e. The van der Waals surface area contributed by atoms with Crippen LogP contribution in [0.1, 0.15) is 39.3 Å². The fourth-order valence-electron chi connectivity index (χ4n) is 3.43. The summed E-state index contributed by atoms with van der Waals surface area (Å²) in [5, 5.41) is 3.24. The van der Waals surface area contributed by atoms with Crippen LogP contribution in [-0.2, 0) is 14.4 Å². The molecule has 1 heterocycles. The molecule has 3 amide bonds. The van der Waals surface area contributed by atoms with Crippen molar-refractivity contribution >= 4 is 17.7 Å². The number of nitrogens with zero attached hydrogens (tertiary/aromatic N) is 2. The number of carbonyl (C=O) groups excluding carboxylic acids is 3. The van der Waals surface area contributed by atoms with E-state index in [9.17, 15) is 14.4 Å². The number of piperazine rings is 1. The molecule has 148 valence electrons. The molecule has 1 saturated heterocycles. The van der Waals surface area contributed by atoms with Gasteiger partial charge < -0.3 is 20.9 Å². The van der Waals surface area contributed by atoms with Crippen LogP contribution < -0.4 is 11.1 Å². The lowest BCUT2D eigenvalue weighted by molar-refractivity contribution is -0.157. The van der Waals surface area contributed by atoms with Gasteiger partial charge >= 0.3 is 0 Å². The van der Waals surface area contributed by atoms with E-state index < -0.39 is 17.4 Å². The van der Waals surface area contributed by atoms with Crippen LogP contribution in [0.5, 0.6) is 0 Å². The smallest absolute Gasteiger partial charge is 0.246 e. The second kappa shape index (κ2) is 8.52. The van der Waals surface area contributed by atoms with Gasteiger partial charge in [-0.3, -0.25) is 14.4 Å². The second-order valence-electron chi connectivity index (χ2n) is 8.10. The predicted molar refractivity (Wildman–Crippen MR) is 104 cm³/mol. The number of nitrogens with one attached hydrogen (secondary N) is 1. The summed E-state index contributed by atoms with van der Waals surface area (Å²) in [5.41, 5.74) is 5.89. The zero-order valence-corrected chi connectivity index (χ0v) is 16.6. The number of benzene rings is 1. The van der Waals surface area contributed by atoms with Gasteiger partial charge in [0.25, 0.3) is 0 Å². The molecule has 1 aromatic rings. The second-order valence-corrected chi connectivity index (χ2v) is 8.10. The average molecular weight is 374 g/mol. The van der Waals surface area contributed by atoms with Crippen molar-refractivity contribution < 1.29 is 14.4 Å². The topological polar surface area (TPSA) is 95.7 Å². The normalized spacial score (nSPS) is 19.1. The Labute approximate surface area is 160 Å². The lowest BCUT2D eigenvalue weighted by atomic mass is 9.83. The van der Waals surface area contributed by atoms with E-state index in [4.69, 9.17) is 5.73 Å². The van der Waals surface area contributed by atoms with Crippen molar-refractivity contribution in [3.05, 3.63) is 35.9 Å². The summed E-state index contributed by atoms with van der Waals surface area (Å²) in [6.07, 6.45) is 0. The van der Waals surface area contributed by atoms with Gasteiger partial charge in [-0.1, -0.05) is 51.1 Å². The van der Waals surface area contributed by atoms with Crippen LogP contribution in [0.3, 0.4) is 0 Å². The minimum atomic E-state index is -0.619. The summed E-state index contributed by atoms with van der Waals surface area (Å²) >= 11 is 0. The van der Waals surface area contributed by atoms with Crippen LogP contribution in [0.15, 0.2) is 30.3 Å². The summed E-state index contributed by atoms with van der Waals surface area (Å²) in [5.74, 6) is -0.893. The fourth-order valence-corrected chi connectivity index (χ4v) is 3.43. The standard InChI is InChI=1S/C20H30N4O3/c1-14(15-8-6-5-7-9-15)22-12-17(26)24-11-10-23(13-16(21)25)19(27)18(24)20(2,3)4/h5-9,14,18,22H,10-13H2,1-4H3,(H2,21,25)/t14-,18-/m1/s1. The fraction of sp³-hybridized carbons (Fsp3) is 0.550. The van der Waals surface area contributed by atoms with Gasteiger partial charge in [0.2, 0.25) is 17.7 Å². The minimum absolute atomic E-state index is 0.0232. The number of rotatable bonds is 6. The number of hydrogen-bond donors (Lipinski definition) is 2. The lowest BCUT2D eigenvalue weighted by Crippen LogP contribution is -2.64. The molecule has 1 aliphatic heterocycles. The Balaban J connectivity index is 2.07. The SMILES string of the molecule is C[C@@H](NCC(=O)N1CCN(CC(N)=O)C(=O)[C@@H]1C(C)(C)C)c1ccccc1. The highest BCUT2D eigenvalue weighted by atomic mass is 16.2. The quantitative estimate of drug-likeness (QED) is 0.774. The monoisotopic (exact) mass is 374 g/mol. The summed E-state index contributed by atoms with van der Waals surface area (Å²) in [6.45, 7) is 8.49. The third-order valence-corrected chi connectivity index (χ3v) is 4.81. The van der Waals surface area contributed by atoms with Crippen molar-refractivity contribution in [2.75, 3.05) is 26.2 Å². The highest BCUT2D eigenvalue weighted by Gasteiger charge is 2.44. The maximum atomic E-state index is 12.9. The van der Waals surface area contributed by atoms with Crippen LogP contribution in [0.25, 0.3) is 0 Å². The van der Waals surface area contributed by atoms with E-state index in [0.29, 0.717) is 13.1 Å². The Kier molecular flexibility index (Phi) is 6.59. The molecule has 27 heavy (non-hydrogen) atoms. The van der Waals surface area contributed by atoms with E-state index in [1.807, 2.05) is 58.0 Å². The Morgan fingerprint density at radius 2 is 1.85 bits per heavy atom. The maximum Gasteiger partial charge on any atom is 0.246 e. The van der Waals surface area contributed by atoms with Crippen molar-refractivity contribution in [2.24, 2.45) is 11.1 Å². The summed E-state index contributed by atoms with van der Waals surface area (Å²) in [7, 11) is 0. The molecule has 2 atom stereocenters. The Morgan fingerprint density at radius 3 is 2.41 bits per heavy atom. The van der Waals surface area contributed by atoms with Gasteiger partial charge in [0.15, 0.2) is 0 Å². The van der Waals surface area contributed by atoms with Gasteiger partial charge in [-0.25, -0.2) is 0 Å². The zero-order valence-electron chi connectivity index (χ0n) is 16.6. The summed E-state index contributed by atoms with van der Waals surface area (Å²) in [6, 6.07) is 9.29.